The number of carbonyl (C=O) groups is 2. The molecule has 0 unspecified atom stereocenters. The number of rotatable bonds is 5. The van der Waals surface area contributed by atoms with Crippen molar-refractivity contribution in [2.45, 2.75) is 4.90 Å². The van der Waals surface area contributed by atoms with E-state index in [0.717, 1.165) is 4.31 Å². The summed E-state index contributed by atoms with van der Waals surface area (Å²) in [5.41, 5.74) is 0.968. The largest absolute Gasteiger partial charge is 0.345 e. The van der Waals surface area contributed by atoms with E-state index in [9.17, 15) is 18.0 Å². The van der Waals surface area contributed by atoms with Gasteiger partial charge < -0.3 is 10.2 Å². The molecule has 0 radical (unpaired) electrons. The highest BCUT2D eigenvalue weighted by Crippen LogP contribution is 2.23. The number of benzene rings is 2. The van der Waals surface area contributed by atoms with Gasteiger partial charge in [-0.2, -0.15) is 0 Å². The fourth-order valence-corrected chi connectivity index (χ4v) is 3.33. The molecular formula is C18H20ClN3O4S. The van der Waals surface area contributed by atoms with Crippen LogP contribution in [-0.4, -0.2) is 57.6 Å². The van der Waals surface area contributed by atoms with Gasteiger partial charge in [0.05, 0.1) is 15.5 Å². The van der Waals surface area contributed by atoms with Crippen molar-refractivity contribution in [2.24, 2.45) is 0 Å². The molecule has 2 rings (SSSR count). The minimum absolute atomic E-state index is 0.0334. The van der Waals surface area contributed by atoms with E-state index in [0.29, 0.717) is 11.3 Å². The normalized spacial score (nSPS) is 11.3. The predicted octanol–water partition coefficient (Wildman–Crippen LogP) is 2.54. The van der Waals surface area contributed by atoms with Gasteiger partial charge in [-0.3, -0.25) is 9.59 Å². The molecule has 0 saturated carbocycles. The smallest absolute Gasteiger partial charge is 0.257 e. The molecule has 1 N–H and O–H groups in total. The quantitative estimate of drug-likeness (QED) is 0.822. The van der Waals surface area contributed by atoms with Crippen LogP contribution in [-0.2, 0) is 10.0 Å². The average Bonchev–Trinajstić information content (AvgIpc) is 2.61. The van der Waals surface area contributed by atoms with Gasteiger partial charge in [0, 0.05) is 39.4 Å². The van der Waals surface area contributed by atoms with Gasteiger partial charge in [-0.25, -0.2) is 12.7 Å². The molecule has 7 nitrogen and oxygen atoms in total. The van der Waals surface area contributed by atoms with E-state index in [1.165, 1.54) is 37.2 Å². The highest BCUT2D eigenvalue weighted by Gasteiger charge is 2.21. The summed E-state index contributed by atoms with van der Waals surface area (Å²) in [6.45, 7) is 0. The first kappa shape index (κ1) is 20.9. The molecule has 9 heteroatoms. The first-order chi connectivity index (χ1) is 12.5. The molecule has 0 spiro atoms. The van der Waals surface area contributed by atoms with Gasteiger partial charge in [-0.05, 0) is 42.5 Å². The Hall–Kier alpha value is -2.42. The highest BCUT2D eigenvalue weighted by molar-refractivity contribution is 7.89. The van der Waals surface area contributed by atoms with Crippen molar-refractivity contribution < 1.29 is 18.0 Å². The molecule has 0 atom stereocenters. The van der Waals surface area contributed by atoms with Gasteiger partial charge in [0.25, 0.3) is 11.8 Å². The van der Waals surface area contributed by atoms with Gasteiger partial charge in [0.1, 0.15) is 0 Å². The zero-order valence-corrected chi connectivity index (χ0v) is 16.9. The van der Waals surface area contributed by atoms with Crippen molar-refractivity contribution in [1.29, 1.82) is 0 Å². The van der Waals surface area contributed by atoms with Crippen LogP contribution in [0, 0.1) is 0 Å². The van der Waals surface area contributed by atoms with Gasteiger partial charge in [-0.1, -0.05) is 11.6 Å². The molecule has 0 aliphatic carbocycles. The first-order valence-corrected chi connectivity index (χ1v) is 9.71. The molecule has 0 saturated heterocycles. The third-order valence-electron chi connectivity index (χ3n) is 3.76. The molecule has 2 aromatic carbocycles. The lowest BCUT2D eigenvalue weighted by atomic mass is 10.1. The molecule has 0 aromatic heterocycles. The summed E-state index contributed by atoms with van der Waals surface area (Å²) in [5, 5.41) is 2.77. The number of anilines is 1. The maximum absolute atomic E-state index is 12.5. The molecule has 0 aliphatic heterocycles. The van der Waals surface area contributed by atoms with Crippen molar-refractivity contribution in [2.75, 3.05) is 33.5 Å². The lowest BCUT2D eigenvalue weighted by molar-refractivity contribution is 0.0827. The zero-order chi connectivity index (χ0) is 20.4. The molecule has 2 amide bonds. The molecular weight excluding hydrogens is 390 g/mol. The van der Waals surface area contributed by atoms with Crippen molar-refractivity contribution in [3.63, 3.8) is 0 Å². The summed E-state index contributed by atoms with van der Waals surface area (Å²) in [6.07, 6.45) is 0. The molecule has 144 valence electrons. The number of nitrogens with one attached hydrogen (secondary N) is 1. The summed E-state index contributed by atoms with van der Waals surface area (Å²) in [4.78, 5) is 25.8. The Kier molecular flexibility index (Phi) is 6.25. The average molecular weight is 410 g/mol. The second-order valence-corrected chi connectivity index (χ2v) is 8.72. The lowest BCUT2D eigenvalue weighted by Crippen LogP contribution is -2.23. The molecule has 0 bridgehead atoms. The lowest BCUT2D eigenvalue weighted by Gasteiger charge is -2.14. The second-order valence-electron chi connectivity index (χ2n) is 6.16. The van der Waals surface area contributed by atoms with Gasteiger partial charge in [0.15, 0.2) is 0 Å². The van der Waals surface area contributed by atoms with Gasteiger partial charge in [0.2, 0.25) is 10.0 Å². The van der Waals surface area contributed by atoms with E-state index >= 15 is 0 Å². The van der Waals surface area contributed by atoms with Crippen molar-refractivity contribution in [1.82, 2.24) is 9.21 Å². The molecule has 0 aliphatic rings. The maximum atomic E-state index is 12.5. The van der Waals surface area contributed by atoms with Crippen molar-refractivity contribution in [3.8, 4) is 0 Å². The van der Waals surface area contributed by atoms with Gasteiger partial charge in [-0.15, -0.1) is 0 Å². The number of nitrogens with zero attached hydrogens (tertiary/aromatic N) is 2. The minimum Gasteiger partial charge on any atom is -0.345 e. The Bertz CT molecular complexity index is 971. The molecule has 27 heavy (non-hydrogen) atoms. The van der Waals surface area contributed by atoms with E-state index in [1.54, 1.807) is 38.4 Å². The van der Waals surface area contributed by atoms with Crippen LogP contribution in [0.3, 0.4) is 0 Å². The number of carbonyl (C=O) groups excluding carboxylic acids is 2. The number of hydrogen-bond donors (Lipinski definition) is 1. The van der Waals surface area contributed by atoms with Gasteiger partial charge >= 0.3 is 0 Å². The van der Waals surface area contributed by atoms with Crippen molar-refractivity contribution in [3.05, 3.63) is 58.6 Å². The third kappa shape index (κ3) is 4.65. The van der Waals surface area contributed by atoms with E-state index < -0.39 is 15.9 Å². The number of amides is 2. The van der Waals surface area contributed by atoms with Crippen LogP contribution in [0.4, 0.5) is 5.69 Å². The van der Waals surface area contributed by atoms with E-state index in [4.69, 9.17) is 11.6 Å². The standard InChI is InChI=1S/C18H20ClN3O4S/c1-21(2)18(24)12-5-7-13(8-6-12)20-17(23)15-11-14(9-10-16(15)19)27(25,26)22(3)4/h5-11H,1-4H3,(H,20,23). The number of sulfonamides is 1. The topological polar surface area (TPSA) is 86.8 Å². The summed E-state index contributed by atoms with van der Waals surface area (Å²) < 4.78 is 25.5. The Morgan fingerprint density at radius 3 is 2.07 bits per heavy atom. The summed E-state index contributed by atoms with van der Waals surface area (Å²) in [5.74, 6) is -0.708. The molecule has 0 fully saturated rings. The molecule has 0 heterocycles. The van der Waals surface area contributed by atoms with Crippen LogP contribution in [0.25, 0.3) is 0 Å². The van der Waals surface area contributed by atoms with Crippen LogP contribution in [0.5, 0.6) is 0 Å². The van der Waals surface area contributed by atoms with Crippen LogP contribution in [0.15, 0.2) is 47.4 Å². The van der Waals surface area contributed by atoms with E-state index in [1.807, 2.05) is 0 Å². The summed E-state index contributed by atoms with van der Waals surface area (Å²) >= 11 is 6.07. The van der Waals surface area contributed by atoms with Crippen LogP contribution in [0.1, 0.15) is 20.7 Å². The fourth-order valence-electron chi connectivity index (χ4n) is 2.20. The SMILES string of the molecule is CN(C)C(=O)c1ccc(NC(=O)c2cc(S(=O)(=O)N(C)C)ccc2Cl)cc1. The minimum atomic E-state index is -3.69. The summed E-state index contributed by atoms with van der Waals surface area (Å²) in [7, 11) is 2.41. The maximum Gasteiger partial charge on any atom is 0.257 e. The predicted molar refractivity (Wildman–Crippen MR) is 105 cm³/mol. The van der Waals surface area contributed by atoms with Crippen LogP contribution in [0.2, 0.25) is 5.02 Å². The monoisotopic (exact) mass is 409 g/mol. The second kappa shape index (κ2) is 8.08. The fraction of sp³-hybridized carbons (Fsp3) is 0.222. The highest BCUT2D eigenvalue weighted by atomic mass is 35.5. The van der Waals surface area contributed by atoms with E-state index in [2.05, 4.69) is 5.32 Å². The Morgan fingerprint density at radius 1 is 0.963 bits per heavy atom. The Morgan fingerprint density at radius 2 is 1.56 bits per heavy atom. The zero-order valence-electron chi connectivity index (χ0n) is 15.4. The Balaban J connectivity index is 2.27. The Labute approximate surface area is 163 Å². The summed E-state index contributed by atoms with van der Waals surface area (Å²) in [6, 6.07) is 10.3. The van der Waals surface area contributed by atoms with Crippen LogP contribution < -0.4 is 5.32 Å². The van der Waals surface area contributed by atoms with Crippen LogP contribution >= 0.6 is 11.6 Å². The third-order valence-corrected chi connectivity index (χ3v) is 5.90. The number of hydrogen-bond acceptors (Lipinski definition) is 4. The molecule has 2 aromatic rings. The van der Waals surface area contributed by atoms with E-state index in [-0.39, 0.29) is 21.4 Å². The first-order valence-electron chi connectivity index (χ1n) is 7.89. The number of halogens is 1. The van der Waals surface area contributed by atoms with Crippen molar-refractivity contribution >= 4 is 39.1 Å².